The molecule has 1 atom stereocenters. The van der Waals surface area contributed by atoms with Crippen LogP contribution in [0.1, 0.15) is 36.0 Å². The molecule has 24 heavy (non-hydrogen) atoms. The zero-order chi connectivity index (χ0) is 16.9. The predicted molar refractivity (Wildman–Crippen MR) is 92.2 cm³/mol. The van der Waals surface area contributed by atoms with E-state index in [1.165, 1.54) is 0 Å². The molecule has 0 radical (unpaired) electrons. The third kappa shape index (κ3) is 3.78. The predicted octanol–water partition coefficient (Wildman–Crippen LogP) is 2.12. The average Bonchev–Trinajstić information content (AvgIpc) is 2.68. The number of amides is 1. The van der Waals surface area contributed by atoms with Crippen LogP contribution in [0.5, 0.6) is 5.75 Å². The van der Waals surface area contributed by atoms with Crippen LogP contribution in [0.4, 0.5) is 0 Å². The van der Waals surface area contributed by atoms with Crippen molar-refractivity contribution in [3.8, 4) is 5.75 Å². The number of benzene rings is 1. The fraction of sp³-hybridized carbons (Fsp3) is 0.579. The van der Waals surface area contributed by atoms with Gasteiger partial charge in [-0.3, -0.25) is 9.59 Å². The largest absolute Gasteiger partial charge is 0.497 e. The van der Waals surface area contributed by atoms with Gasteiger partial charge in [-0.25, -0.2) is 0 Å². The molecule has 2 saturated heterocycles. The topological polar surface area (TPSA) is 58.6 Å². The van der Waals surface area contributed by atoms with E-state index in [4.69, 9.17) is 4.74 Å². The molecule has 0 aromatic heterocycles. The number of ketones is 1. The van der Waals surface area contributed by atoms with Crippen molar-refractivity contribution in [2.45, 2.75) is 25.7 Å². The lowest BCUT2D eigenvalue weighted by molar-refractivity contribution is -0.137. The molecular formula is C19H26N2O3. The third-order valence-corrected chi connectivity index (χ3v) is 5.20. The number of ether oxygens (including phenoxy) is 1. The van der Waals surface area contributed by atoms with Gasteiger partial charge in [0.1, 0.15) is 5.75 Å². The summed E-state index contributed by atoms with van der Waals surface area (Å²) in [7, 11) is 1.62. The summed E-state index contributed by atoms with van der Waals surface area (Å²) < 4.78 is 5.13. The van der Waals surface area contributed by atoms with Crippen LogP contribution in [0.3, 0.4) is 0 Å². The SMILES string of the molecule is COc1ccc(C(=O)C2CCN(C(=O)C3CCCNC3)CC2)cc1. The van der Waals surface area contributed by atoms with Crippen LogP contribution in [0.15, 0.2) is 24.3 Å². The first-order valence-electron chi connectivity index (χ1n) is 8.87. The van der Waals surface area contributed by atoms with E-state index in [2.05, 4.69) is 5.32 Å². The Labute approximate surface area is 143 Å². The first-order chi connectivity index (χ1) is 11.7. The molecule has 2 fully saturated rings. The first-order valence-corrected chi connectivity index (χ1v) is 8.87. The molecule has 0 aliphatic carbocycles. The molecule has 130 valence electrons. The summed E-state index contributed by atoms with van der Waals surface area (Å²) in [4.78, 5) is 27.1. The van der Waals surface area contributed by atoms with Crippen LogP contribution in [-0.4, -0.2) is 49.9 Å². The smallest absolute Gasteiger partial charge is 0.226 e. The van der Waals surface area contributed by atoms with Crippen molar-refractivity contribution in [1.82, 2.24) is 10.2 Å². The minimum Gasteiger partial charge on any atom is -0.497 e. The molecule has 1 N–H and O–H groups in total. The van der Waals surface area contributed by atoms with Crippen LogP contribution in [0.25, 0.3) is 0 Å². The number of carbonyl (C=O) groups is 2. The Morgan fingerprint density at radius 2 is 1.79 bits per heavy atom. The minimum atomic E-state index is 0.0203. The van der Waals surface area contributed by atoms with Gasteiger partial charge in [0, 0.05) is 31.1 Å². The lowest BCUT2D eigenvalue weighted by Gasteiger charge is -2.35. The summed E-state index contributed by atoms with van der Waals surface area (Å²) in [6.07, 6.45) is 3.58. The van der Waals surface area contributed by atoms with Crippen LogP contribution >= 0.6 is 0 Å². The van der Waals surface area contributed by atoms with Gasteiger partial charge in [0.05, 0.1) is 13.0 Å². The summed E-state index contributed by atoms with van der Waals surface area (Å²) in [5.74, 6) is 1.34. The van der Waals surface area contributed by atoms with Crippen LogP contribution in [0.2, 0.25) is 0 Å². The van der Waals surface area contributed by atoms with Crippen LogP contribution in [0, 0.1) is 11.8 Å². The molecule has 1 aromatic rings. The highest BCUT2D eigenvalue weighted by molar-refractivity contribution is 5.98. The van der Waals surface area contributed by atoms with Gasteiger partial charge in [0.15, 0.2) is 5.78 Å². The average molecular weight is 330 g/mol. The number of rotatable bonds is 4. The van der Waals surface area contributed by atoms with Crippen molar-refractivity contribution in [1.29, 1.82) is 0 Å². The Hall–Kier alpha value is -1.88. The number of piperidine rings is 2. The molecule has 5 heteroatoms. The van der Waals surface area contributed by atoms with Gasteiger partial charge in [0.25, 0.3) is 0 Å². The van der Waals surface area contributed by atoms with Crippen molar-refractivity contribution in [3.63, 3.8) is 0 Å². The first kappa shape index (κ1) is 17.0. The van der Waals surface area contributed by atoms with Gasteiger partial charge in [-0.2, -0.15) is 0 Å². The van der Waals surface area contributed by atoms with Gasteiger partial charge >= 0.3 is 0 Å². The molecule has 1 unspecified atom stereocenters. The highest BCUT2D eigenvalue weighted by Gasteiger charge is 2.31. The fourth-order valence-corrected chi connectivity index (χ4v) is 3.67. The molecule has 3 rings (SSSR count). The molecule has 0 bridgehead atoms. The number of hydrogen-bond donors (Lipinski definition) is 1. The van der Waals surface area contributed by atoms with Gasteiger partial charge in [-0.15, -0.1) is 0 Å². The minimum absolute atomic E-state index is 0.0203. The van der Waals surface area contributed by atoms with Gasteiger partial charge in [-0.1, -0.05) is 0 Å². The Balaban J connectivity index is 1.54. The Morgan fingerprint density at radius 3 is 2.38 bits per heavy atom. The second kappa shape index (κ2) is 7.79. The van der Waals surface area contributed by atoms with Crippen molar-refractivity contribution < 1.29 is 14.3 Å². The van der Waals surface area contributed by atoms with Gasteiger partial charge < -0.3 is 15.0 Å². The van der Waals surface area contributed by atoms with Crippen molar-refractivity contribution in [2.24, 2.45) is 11.8 Å². The maximum absolute atomic E-state index is 12.6. The second-order valence-corrected chi connectivity index (χ2v) is 6.74. The lowest BCUT2D eigenvalue weighted by atomic mass is 9.88. The van der Waals surface area contributed by atoms with E-state index in [0.29, 0.717) is 13.1 Å². The summed E-state index contributed by atoms with van der Waals surface area (Å²) in [5, 5.41) is 3.30. The van der Waals surface area contributed by atoms with E-state index < -0.39 is 0 Å². The van der Waals surface area contributed by atoms with Crippen molar-refractivity contribution >= 4 is 11.7 Å². The van der Waals surface area contributed by atoms with E-state index in [-0.39, 0.29) is 23.5 Å². The van der Waals surface area contributed by atoms with Crippen LogP contribution < -0.4 is 10.1 Å². The molecule has 1 amide bonds. The highest BCUT2D eigenvalue weighted by Crippen LogP contribution is 2.25. The van der Waals surface area contributed by atoms with Gasteiger partial charge in [0.2, 0.25) is 5.91 Å². The van der Waals surface area contributed by atoms with E-state index in [1.807, 2.05) is 29.2 Å². The number of Topliss-reactive ketones (excluding diaryl/α,β-unsaturated/α-hetero) is 1. The lowest BCUT2D eigenvalue weighted by Crippen LogP contribution is -2.46. The molecular weight excluding hydrogens is 304 g/mol. The normalized spacial score (nSPS) is 22.2. The summed E-state index contributed by atoms with van der Waals surface area (Å²) >= 11 is 0. The quantitative estimate of drug-likeness (QED) is 0.859. The number of methoxy groups -OCH3 is 1. The molecule has 5 nitrogen and oxygen atoms in total. The summed E-state index contributed by atoms with van der Waals surface area (Å²) in [6, 6.07) is 7.29. The molecule has 0 saturated carbocycles. The monoisotopic (exact) mass is 330 g/mol. The molecule has 2 heterocycles. The Kier molecular flexibility index (Phi) is 5.51. The van der Waals surface area contributed by atoms with E-state index in [0.717, 1.165) is 50.1 Å². The van der Waals surface area contributed by atoms with E-state index >= 15 is 0 Å². The Bertz CT molecular complexity index is 571. The van der Waals surface area contributed by atoms with Crippen molar-refractivity contribution in [2.75, 3.05) is 33.3 Å². The number of nitrogens with zero attached hydrogens (tertiary/aromatic N) is 1. The molecule has 2 aliphatic heterocycles. The number of nitrogens with one attached hydrogen (secondary N) is 1. The van der Waals surface area contributed by atoms with Crippen molar-refractivity contribution in [3.05, 3.63) is 29.8 Å². The zero-order valence-electron chi connectivity index (χ0n) is 14.3. The fourth-order valence-electron chi connectivity index (χ4n) is 3.67. The Morgan fingerprint density at radius 1 is 1.08 bits per heavy atom. The van der Waals surface area contributed by atoms with E-state index in [9.17, 15) is 9.59 Å². The van der Waals surface area contributed by atoms with E-state index in [1.54, 1.807) is 7.11 Å². The van der Waals surface area contributed by atoms with Crippen LogP contribution in [-0.2, 0) is 4.79 Å². The maximum atomic E-state index is 12.6. The zero-order valence-corrected chi connectivity index (χ0v) is 14.3. The number of hydrogen-bond acceptors (Lipinski definition) is 4. The highest BCUT2D eigenvalue weighted by atomic mass is 16.5. The maximum Gasteiger partial charge on any atom is 0.226 e. The molecule has 0 spiro atoms. The number of likely N-dealkylation sites (tertiary alicyclic amines) is 1. The number of carbonyl (C=O) groups excluding carboxylic acids is 2. The third-order valence-electron chi connectivity index (χ3n) is 5.20. The standard InChI is InChI=1S/C19H26N2O3/c1-24-17-6-4-14(5-7-17)18(22)15-8-11-21(12-9-15)19(23)16-3-2-10-20-13-16/h4-7,15-16,20H,2-3,8-13H2,1H3. The molecule has 2 aliphatic rings. The summed E-state index contributed by atoms with van der Waals surface area (Å²) in [5.41, 5.74) is 0.733. The second-order valence-electron chi connectivity index (χ2n) is 6.74. The van der Waals surface area contributed by atoms with Gasteiger partial charge in [-0.05, 0) is 56.5 Å². The summed E-state index contributed by atoms with van der Waals surface area (Å²) in [6.45, 7) is 3.20. The molecule has 1 aromatic carbocycles.